The van der Waals surface area contributed by atoms with Crippen molar-refractivity contribution in [3.05, 3.63) is 23.5 Å². The first-order chi connectivity index (χ1) is 16.2. The quantitative estimate of drug-likeness (QED) is 0.535. The lowest BCUT2D eigenvalue weighted by molar-refractivity contribution is 0.0225. The number of hydrogen-bond acceptors (Lipinski definition) is 9. The van der Waals surface area contributed by atoms with Gasteiger partial charge in [0.2, 0.25) is 10.0 Å². The van der Waals surface area contributed by atoms with Crippen LogP contribution in [0.2, 0.25) is 0 Å². The highest BCUT2D eigenvalue weighted by Gasteiger charge is 2.42. The summed E-state index contributed by atoms with van der Waals surface area (Å²) in [7, 11) is -3.86. The van der Waals surface area contributed by atoms with Gasteiger partial charge >= 0.3 is 0 Å². The van der Waals surface area contributed by atoms with E-state index in [-0.39, 0.29) is 22.0 Å². The van der Waals surface area contributed by atoms with Crippen LogP contribution in [0.1, 0.15) is 31.2 Å². The largest absolute Gasteiger partial charge is 0.376 e. The van der Waals surface area contributed by atoms with E-state index in [0.717, 1.165) is 24.2 Å². The summed E-state index contributed by atoms with van der Waals surface area (Å²) in [4.78, 5) is 6.65. The molecular formula is C20H22F2N6O4S2. The van der Waals surface area contributed by atoms with Crippen LogP contribution < -0.4 is 9.62 Å². The van der Waals surface area contributed by atoms with E-state index in [1.165, 1.54) is 12.4 Å². The summed E-state index contributed by atoms with van der Waals surface area (Å²) in [6.45, 7) is 3.78. The third-order valence-electron chi connectivity index (χ3n) is 6.47. The molecule has 2 atom stereocenters. The van der Waals surface area contributed by atoms with E-state index in [1.807, 2.05) is 6.92 Å². The van der Waals surface area contributed by atoms with Gasteiger partial charge in [-0.3, -0.25) is 4.40 Å². The Morgan fingerprint density at radius 2 is 2.12 bits per heavy atom. The van der Waals surface area contributed by atoms with Crippen LogP contribution in [0.3, 0.4) is 0 Å². The number of nitrogens with one attached hydrogen (secondary N) is 1. The Kier molecular flexibility index (Phi) is 5.15. The maximum absolute atomic E-state index is 13.3. The molecule has 5 heterocycles. The molecule has 0 unspecified atom stereocenters. The Morgan fingerprint density at radius 3 is 2.85 bits per heavy atom. The number of aromatic nitrogens is 4. The fourth-order valence-electron chi connectivity index (χ4n) is 4.40. The van der Waals surface area contributed by atoms with E-state index in [9.17, 15) is 17.2 Å². The number of nitrogens with zero attached hydrogens (tertiary/aromatic N) is 5. The summed E-state index contributed by atoms with van der Waals surface area (Å²) >= 11 is 0.752. The highest BCUT2D eigenvalue weighted by Crippen LogP contribution is 2.38. The van der Waals surface area contributed by atoms with Crippen molar-refractivity contribution >= 4 is 32.7 Å². The van der Waals surface area contributed by atoms with Crippen molar-refractivity contribution in [1.29, 1.82) is 0 Å². The molecular weight excluding hydrogens is 490 g/mol. The molecule has 3 aliphatic rings. The SMILES string of the molecule is CC1(NS(=O)(=O)c2cc(N3CCO[C@@H]4COC[C@@H]43)c3ncc(-c4nnc(C(F)F)s4)n3c2)CC1. The summed E-state index contributed by atoms with van der Waals surface area (Å²) in [5.41, 5.74) is 1.04. The molecule has 0 bridgehead atoms. The lowest BCUT2D eigenvalue weighted by Gasteiger charge is -2.38. The van der Waals surface area contributed by atoms with E-state index in [0.29, 0.717) is 43.4 Å². The van der Waals surface area contributed by atoms with Gasteiger partial charge in [0.1, 0.15) is 16.7 Å². The Balaban J connectivity index is 1.51. The second kappa shape index (κ2) is 7.88. The van der Waals surface area contributed by atoms with Gasteiger partial charge < -0.3 is 14.4 Å². The van der Waals surface area contributed by atoms with Crippen LogP contribution in [0, 0.1) is 0 Å². The summed E-state index contributed by atoms with van der Waals surface area (Å²) in [6, 6.07) is 1.53. The first kappa shape index (κ1) is 22.2. The topological polar surface area (TPSA) is 111 Å². The van der Waals surface area contributed by atoms with Gasteiger partial charge in [0.05, 0.1) is 37.7 Å². The predicted octanol–water partition coefficient (Wildman–Crippen LogP) is 2.23. The number of sulfonamides is 1. The summed E-state index contributed by atoms with van der Waals surface area (Å²) < 4.78 is 68.7. The Hall–Kier alpha value is -2.26. The molecule has 2 aliphatic heterocycles. The van der Waals surface area contributed by atoms with Gasteiger partial charge in [0.25, 0.3) is 6.43 Å². The number of hydrogen-bond donors (Lipinski definition) is 1. The molecule has 1 saturated carbocycles. The normalized spacial score (nSPS) is 24.2. The van der Waals surface area contributed by atoms with Gasteiger partial charge in [0.15, 0.2) is 15.7 Å². The van der Waals surface area contributed by atoms with Crippen molar-refractivity contribution in [2.24, 2.45) is 0 Å². The third kappa shape index (κ3) is 3.77. The predicted molar refractivity (Wildman–Crippen MR) is 119 cm³/mol. The maximum Gasteiger partial charge on any atom is 0.291 e. The smallest absolute Gasteiger partial charge is 0.291 e. The van der Waals surface area contributed by atoms with Crippen LogP contribution >= 0.6 is 11.3 Å². The molecule has 10 nitrogen and oxygen atoms in total. The first-order valence-corrected chi connectivity index (χ1v) is 13.2. The van der Waals surface area contributed by atoms with Gasteiger partial charge in [-0.25, -0.2) is 26.9 Å². The summed E-state index contributed by atoms with van der Waals surface area (Å²) in [6.07, 6.45) is 1.63. The molecule has 14 heteroatoms. The number of alkyl halides is 2. The second-order valence-electron chi connectivity index (χ2n) is 9.02. The van der Waals surface area contributed by atoms with Crippen LogP contribution in [0.5, 0.6) is 0 Å². The van der Waals surface area contributed by atoms with Gasteiger partial charge in [-0.2, -0.15) is 0 Å². The minimum absolute atomic E-state index is 0.0583. The zero-order valence-corrected chi connectivity index (χ0v) is 19.8. The molecule has 0 aromatic carbocycles. The lowest BCUT2D eigenvalue weighted by atomic mass is 10.1. The number of ether oxygens (including phenoxy) is 2. The third-order valence-corrected chi connectivity index (χ3v) is 9.03. The summed E-state index contributed by atoms with van der Waals surface area (Å²) in [5, 5.41) is 7.29. The molecule has 0 amide bonds. The molecule has 2 saturated heterocycles. The lowest BCUT2D eigenvalue weighted by Crippen LogP contribution is -2.51. The van der Waals surface area contributed by atoms with Gasteiger partial charge in [0, 0.05) is 18.3 Å². The molecule has 1 N–H and O–H groups in total. The molecule has 3 aromatic heterocycles. The van der Waals surface area contributed by atoms with E-state index in [1.54, 1.807) is 10.5 Å². The minimum atomic E-state index is -3.86. The molecule has 0 spiro atoms. The van der Waals surface area contributed by atoms with Crippen molar-refractivity contribution in [2.45, 2.75) is 48.8 Å². The van der Waals surface area contributed by atoms with Crippen molar-refractivity contribution in [3.8, 4) is 10.7 Å². The van der Waals surface area contributed by atoms with E-state index in [4.69, 9.17) is 9.47 Å². The number of imidazole rings is 1. The van der Waals surface area contributed by atoms with Crippen LogP contribution in [-0.2, 0) is 19.5 Å². The van der Waals surface area contributed by atoms with E-state index in [2.05, 4.69) is 24.8 Å². The van der Waals surface area contributed by atoms with Crippen LogP contribution in [-0.4, -0.2) is 72.0 Å². The number of morpholine rings is 1. The molecule has 3 aromatic rings. The standard InChI is InChI=1S/C20H22F2N6O4S2/c1-20(2-3-20)26-34(29,30)11-6-12(27-4-5-32-15-10-31-9-14(15)27)17-23-7-13(28(17)8-11)18-24-25-19(33-18)16(21)22/h6-8,14-16,26H,2-5,9-10H2,1H3/t14-,15+/m0/s1. The van der Waals surface area contributed by atoms with E-state index < -0.39 is 27.0 Å². The number of pyridine rings is 1. The Morgan fingerprint density at radius 1 is 1.29 bits per heavy atom. The summed E-state index contributed by atoms with van der Waals surface area (Å²) in [5.74, 6) is 0. The van der Waals surface area contributed by atoms with Gasteiger partial charge in [-0.15, -0.1) is 10.2 Å². The van der Waals surface area contributed by atoms with Crippen LogP contribution in [0.25, 0.3) is 16.3 Å². The molecule has 3 fully saturated rings. The van der Waals surface area contributed by atoms with Crippen molar-refractivity contribution in [1.82, 2.24) is 24.3 Å². The number of anilines is 1. The fraction of sp³-hybridized carbons (Fsp3) is 0.550. The second-order valence-corrected chi connectivity index (χ2v) is 11.7. The molecule has 6 rings (SSSR count). The first-order valence-electron chi connectivity index (χ1n) is 10.9. The molecule has 34 heavy (non-hydrogen) atoms. The average molecular weight is 513 g/mol. The Bertz CT molecular complexity index is 1360. The number of rotatable bonds is 6. The van der Waals surface area contributed by atoms with Gasteiger partial charge in [-0.1, -0.05) is 11.3 Å². The zero-order chi connectivity index (χ0) is 23.7. The average Bonchev–Trinajstić information content (AvgIpc) is 3.26. The Labute approximate surface area is 197 Å². The highest BCUT2D eigenvalue weighted by atomic mass is 32.2. The number of fused-ring (bicyclic) bond motifs is 2. The van der Waals surface area contributed by atoms with Crippen molar-refractivity contribution in [3.63, 3.8) is 0 Å². The van der Waals surface area contributed by atoms with Crippen LogP contribution in [0.4, 0.5) is 14.5 Å². The molecule has 182 valence electrons. The molecule has 0 radical (unpaired) electrons. The maximum atomic E-state index is 13.3. The van der Waals surface area contributed by atoms with E-state index >= 15 is 0 Å². The van der Waals surface area contributed by atoms with Crippen molar-refractivity contribution < 1.29 is 26.7 Å². The highest BCUT2D eigenvalue weighted by molar-refractivity contribution is 7.89. The van der Waals surface area contributed by atoms with Crippen molar-refractivity contribution in [2.75, 3.05) is 31.3 Å². The number of halogens is 2. The van der Waals surface area contributed by atoms with Gasteiger partial charge in [-0.05, 0) is 25.8 Å². The zero-order valence-electron chi connectivity index (χ0n) is 18.1. The molecule has 1 aliphatic carbocycles. The monoisotopic (exact) mass is 512 g/mol. The minimum Gasteiger partial charge on any atom is -0.376 e. The fourth-order valence-corrected chi connectivity index (χ4v) is 6.59. The van der Waals surface area contributed by atoms with Crippen LogP contribution in [0.15, 0.2) is 23.4 Å².